The molecule has 0 saturated heterocycles. The molecule has 3 aromatic heterocycles. The molecular weight excluding hydrogens is 344 g/mol. The zero-order chi connectivity index (χ0) is 18.3. The second-order valence-corrected chi connectivity index (χ2v) is 7.45. The highest BCUT2D eigenvalue weighted by Gasteiger charge is 2.12. The Balaban J connectivity index is 1.60. The van der Waals surface area contributed by atoms with E-state index in [1.54, 1.807) is 18.1 Å². The van der Waals surface area contributed by atoms with Crippen LogP contribution in [0.25, 0.3) is 11.5 Å². The smallest absolute Gasteiger partial charge is 0.234 e. The lowest BCUT2D eigenvalue weighted by atomic mass is 10.1. The predicted octanol–water partition coefficient (Wildman–Crippen LogP) is 3.84. The lowest BCUT2D eigenvalue weighted by Gasteiger charge is -2.09. The van der Waals surface area contributed by atoms with Crippen molar-refractivity contribution in [1.82, 2.24) is 29.1 Å². The second-order valence-electron chi connectivity index (χ2n) is 6.50. The van der Waals surface area contributed by atoms with Gasteiger partial charge in [-0.15, -0.1) is 10.2 Å². The van der Waals surface area contributed by atoms with Gasteiger partial charge in [-0.2, -0.15) is 0 Å². The Labute approximate surface area is 156 Å². The minimum absolute atomic E-state index is 0.714. The van der Waals surface area contributed by atoms with Crippen LogP contribution in [-0.2, 0) is 5.75 Å². The third-order valence-corrected chi connectivity index (χ3v) is 5.27. The van der Waals surface area contributed by atoms with Crippen LogP contribution in [0, 0.1) is 27.7 Å². The monoisotopic (exact) mass is 364 g/mol. The Morgan fingerprint density at radius 3 is 2.69 bits per heavy atom. The molecule has 132 valence electrons. The summed E-state index contributed by atoms with van der Waals surface area (Å²) < 4.78 is 4.06. The fraction of sp³-hybridized carbons (Fsp3) is 0.263. The summed E-state index contributed by atoms with van der Waals surface area (Å²) in [6.07, 6.45) is 3.81. The van der Waals surface area contributed by atoms with Gasteiger partial charge in [-0.1, -0.05) is 29.5 Å². The molecule has 0 aliphatic heterocycles. The van der Waals surface area contributed by atoms with Crippen molar-refractivity contribution in [2.75, 3.05) is 0 Å². The molecule has 0 amide bonds. The van der Waals surface area contributed by atoms with Gasteiger partial charge in [-0.05, 0) is 45.4 Å². The van der Waals surface area contributed by atoms with Crippen LogP contribution in [0.1, 0.15) is 28.2 Å². The van der Waals surface area contributed by atoms with Gasteiger partial charge in [0.1, 0.15) is 6.33 Å². The maximum absolute atomic E-state index is 4.64. The maximum atomic E-state index is 4.64. The van der Waals surface area contributed by atoms with Gasteiger partial charge >= 0.3 is 0 Å². The molecule has 0 unspecified atom stereocenters. The third-order valence-electron chi connectivity index (χ3n) is 4.29. The van der Waals surface area contributed by atoms with E-state index in [1.807, 2.05) is 22.1 Å². The summed E-state index contributed by atoms with van der Waals surface area (Å²) in [6, 6.07) is 8.44. The first-order valence-corrected chi connectivity index (χ1v) is 9.42. The first kappa shape index (κ1) is 16.8. The molecule has 3 heterocycles. The molecule has 4 aromatic rings. The van der Waals surface area contributed by atoms with Crippen LogP contribution >= 0.6 is 11.8 Å². The van der Waals surface area contributed by atoms with Crippen molar-refractivity contribution in [3.05, 3.63) is 65.0 Å². The van der Waals surface area contributed by atoms with Gasteiger partial charge in [0, 0.05) is 23.3 Å². The van der Waals surface area contributed by atoms with Crippen molar-refractivity contribution in [3.8, 4) is 5.69 Å². The van der Waals surface area contributed by atoms with Gasteiger partial charge in [0.25, 0.3) is 0 Å². The topological polar surface area (TPSA) is 60.9 Å². The number of aryl methyl sites for hydroxylation is 4. The van der Waals surface area contributed by atoms with Gasteiger partial charge in [-0.25, -0.2) is 9.97 Å². The van der Waals surface area contributed by atoms with Crippen LogP contribution in [0.4, 0.5) is 0 Å². The number of hydrogen-bond acceptors (Lipinski definition) is 5. The van der Waals surface area contributed by atoms with Crippen molar-refractivity contribution in [2.24, 2.45) is 0 Å². The lowest BCUT2D eigenvalue weighted by molar-refractivity contribution is 0.877. The Morgan fingerprint density at radius 2 is 1.88 bits per heavy atom. The van der Waals surface area contributed by atoms with E-state index in [4.69, 9.17) is 0 Å². The number of thioether (sulfide) groups is 1. The summed E-state index contributed by atoms with van der Waals surface area (Å²) in [6.45, 7) is 8.26. The molecule has 0 atom stereocenters. The number of imidazole rings is 1. The Kier molecular flexibility index (Phi) is 4.24. The SMILES string of the molecule is Cc1ccc(-n2cnnc2SCc2cn3c(C)cc(C)nc3n2)c(C)c1. The molecule has 0 spiro atoms. The number of rotatable bonds is 4. The number of nitrogens with zero attached hydrogens (tertiary/aromatic N) is 6. The number of aromatic nitrogens is 6. The van der Waals surface area contributed by atoms with E-state index in [0.29, 0.717) is 5.75 Å². The molecule has 0 N–H and O–H groups in total. The zero-order valence-corrected chi connectivity index (χ0v) is 16.1. The standard InChI is InChI=1S/C19H20N6S/c1-12-5-6-17(13(2)7-12)25-11-20-23-19(25)26-10-16-9-24-15(4)8-14(3)21-18(24)22-16/h5-9,11H,10H2,1-4H3. The van der Waals surface area contributed by atoms with Crippen LogP contribution in [0.5, 0.6) is 0 Å². The minimum atomic E-state index is 0.714. The van der Waals surface area contributed by atoms with E-state index >= 15 is 0 Å². The van der Waals surface area contributed by atoms with Crippen molar-refractivity contribution in [3.63, 3.8) is 0 Å². The largest absolute Gasteiger partial charge is 0.288 e. The van der Waals surface area contributed by atoms with Crippen LogP contribution in [-0.4, -0.2) is 29.1 Å². The van der Waals surface area contributed by atoms with Gasteiger partial charge in [0.2, 0.25) is 5.78 Å². The van der Waals surface area contributed by atoms with Crippen molar-refractivity contribution < 1.29 is 0 Å². The van der Waals surface area contributed by atoms with Crippen LogP contribution in [0.2, 0.25) is 0 Å². The van der Waals surface area contributed by atoms with E-state index in [2.05, 4.69) is 65.2 Å². The fourth-order valence-corrected chi connectivity index (χ4v) is 3.90. The van der Waals surface area contributed by atoms with E-state index in [9.17, 15) is 0 Å². The molecule has 6 nitrogen and oxygen atoms in total. The second kappa shape index (κ2) is 6.57. The Hall–Kier alpha value is -2.67. The van der Waals surface area contributed by atoms with E-state index < -0.39 is 0 Å². The molecule has 0 fully saturated rings. The normalized spacial score (nSPS) is 11.4. The average molecular weight is 364 g/mol. The summed E-state index contributed by atoms with van der Waals surface area (Å²) in [4.78, 5) is 9.14. The van der Waals surface area contributed by atoms with Gasteiger partial charge in [0.05, 0.1) is 11.4 Å². The molecular formula is C19H20N6S. The number of benzene rings is 1. The summed E-state index contributed by atoms with van der Waals surface area (Å²) in [7, 11) is 0. The molecule has 7 heteroatoms. The van der Waals surface area contributed by atoms with Crippen LogP contribution in [0.15, 0.2) is 41.9 Å². The highest BCUT2D eigenvalue weighted by Crippen LogP contribution is 2.25. The maximum Gasteiger partial charge on any atom is 0.234 e. The zero-order valence-electron chi connectivity index (χ0n) is 15.3. The minimum Gasteiger partial charge on any atom is -0.288 e. The molecule has 26 heavy (non-hydrogen) atoms. The fourth-order valence-electron chi connectivity index (χ4n) is 3.09. The van der Waals surface area contributed by atoms with Gasteiger partial charge < -0.3 is 0 Å². The third kappa shape index (κ3) is 3.10. The van der Waals surface area contributed by atoms with Gasteiger partial charge in [-0.3, -0.25) is 8.97 Å². The lowest BCUT2D eigenvalue weighted by Crippen LogP contribution is -1.98. The Bertz CT molecular complexity index is 1090. The van der Waals surface area contributed by atoms with E-state index in [0.717, 1.165) is 33.7 Å². The molecule has 0 bridgehead atoms. The van der Waals surface area contributed by atoms with Crippen LogP contribution in [0.3, 0.4) is 0 Å². The van der Waals surface area contributed by atoms with E-state index in [-0.39, 0.29) is 0 Å². The van der Waals surface area contributed by atoms with Crippen LogP contribution < -0.4 is 0 Å². The van der Waals surface area contributed by atoms with E-state index in [1.165, 1.54) is 11.1 Å². The summed E-state index contributed by atoms with van der Waals surface area (Å²) in [5, 5.41) is 9.24. The molecule has 0 radical (unpaired) electrons. The summed E-state index contributed by atoms with van der Waals surface area (Å²) >= 11 is 1.63. The highest BCUT2D eigenvalue weighted by molar-refractivity contribution is 7.98. The molecule has 1 aromatic carbocycles. The molecule has 0 aliphatic carbocycles. The average Bonchev–Trinajstić information content (AvgIpc) is 3.19. The molecule has 0 saturated carbocycles. The Morgan fingerprint density at radius 1 is 1.04 bits per heavy atom. The quantitative estimate of drug-likeness (QED) is 0.515. The number of fused-ring (bicyclic) bond motifs is 1. The van der Waals surface area contributed by atoms with Crippen molar-refractivity contribution >= 4 is 17.5 Å². The molecule has 0 aliphatic rings. The highest BCUT2D eigenvalue weighted by atomic mass is 32.2. The van der Waals surface area contributed by atoms with Crippen molar-refractivity contribution in [2.45, 2.75) is 38.6 Å². The van der Waals surface area contributed by atoms with Crippen molar-refractivity contribution in [1.29, 1.82) is 0 Å². The molecule has 4 rings (SSSR count). The first-order valence-electron chi connectivity index (χ1n) is 8.44. The summed E-state index contributed by atoms with van der Waals surface area (Å²) in [5.74, 6) is 1.46. The number of hydrogen-bond donors (Lipinski definition) is 0. The predicted molar refractivity (Wildman–Crippen MR) is 103 cm³/mol. The first-order chi connectivity index (χ1) is 12.5. The summed E-state index contributed by atoms with van der Waals surface area (Å²) in [5.41, 5.74) is 6.65. The van der Waals surface area contributed by atoms with Gasteiger partial charge in [0.15, 0.2) is 5.16 Å².